The minimum atomic E-state index is 0. The molecule has 0 radical (unpaired) electrons. The van der Waals surface area contributed by atoms with Crippen LogP contribution in [0.2, 0.25) is 0 Å². The number of hydrogen-bond acceptors (Lipinski definition) is 4. The third-order valence-electron chi connectivity index (χ3n) is 3.57. The highest BCUT2D eigenvalue weighted by atomic mass is 35.5. The van der Waals surface area contributed by atoms with E-state index in [4.69, 9.17) is 10.5 Å². The summed E-state index contributed by atoms with van der Waals surface area (Å²) in [6.07, 6.45) is 4.02. The van der Waals surface area contributed by atoms with Crippen molar-refractivity contribution in [3.8, 4) is 5.75 Å². The van der Waals surface area contributed by atoms with Gasteiger partial charge in [0, 0.05) is 17.0 Å². The molecule has 0 unspecified atom stereocenters. The minimum absolute atomic E-state index is 0. The first-order valence-corrected chi connectivity index (χ1v) is 7.97. The van der Waals surface area contributed by atoms with Crippen LogP contribution in [0.5, 0.6) is 5.75 Å². The number of amides is 1. The van der Waals surface area contributed by atoms with Crippen molar-refractivity contribution in [2.45, 2.75) is 42.7 Å². The SMILES string of the molecule is COc1ccc(SCC(=O)NC2CCC(N)CC2)cc1.Cl. The molecule has 21 heavy (non-hydrogen) atoms. The number of methoxy groups -OCH3 is 1. The molecule has 0 bridgehead atoms. The Morgan fingerprint density at radius 1 is 1.29 bits per heavy atom. The number of thioether (sulfide) groups is 1. The van der Waals surface area contributed by atoms with E-state index in [1.54, 1.807) is 18.9 Å². The van der Waals surface area contributed by atoms with Gasteiger partial charge in [-0.1, -0.05) is 0 Å². The summed E-state index contributed by atoms with van der Waals surface area (Å²) in [6, 6.07) is 8.37. The minimum Gasteiger partial charge on any atom is -0.497 e. The Balaban J connectivity index is 0.00000220. The summed E-state index contributed by atoms with van der Waals surface area (Å²) in [5.41, 5.74) is 5.86. The molecule has 0 atom stereocenters. The van der Waals surface area contributed by atoms with Crippen LogP contribution in [0.15, 0.2) is 29.2 Å². The van der Waals surface area contributed by atoms with E-state index in [-0.39, 0.29) is 18.3 Å². The zero-order chi connectivity index (χ0) is 14.4. The molecule has 0 heterocycles. The van der Waals surface area contributed by atoms with E-state index >= 15 is 0 Å². The fourth-order valence-corrected chi connectivity index (χ4v) is 3.06. The molecular weight excluding hydrogens is 308 g/mol. The van der Waals surface area contributed by atoms with E-state index in [0.717, 1.165) is 36.3 Å². The molecule has 0 aromatic heterocycles. The Hall–Kier alpha value is -0.910. The lowest BCUT2D eigenvalue weighted by Gasteiger charge is -2.26. The van der Waals surface area contributed by atoms with E-state index in [1.807, 2.05) is 24.3 Å². The monoisotopic (exact) mass is 330 g/mol. The van der Waals surface area contributed by atoms with E-state index in [9.17, 15) is 4.79 Å². The van der Waals surface area contributed by atoms with Crippen LogP contribution in [0, 0.1) is 0 Å². The van der Waals surface area contributed by atoms with Gasteiger partial charge >= 0.3 is 0 Å². The van der Waals surface area contributed by atoms with Gasteiger partial charge < -0.3 is 15.8 Å². The highest BCUT2D eigenvalue weighted by Crippen LogP contribution is 2.21. The van der Waals surface area contributed by atoms with Gasteiger partial charge in [-0.2, -0.15) is 0 Å². The van der Waals surface area contributed by atoms with Gasteiger partial charge in [0.05, 0.1) is 12.9 Å². The third-order valence-corrected chi connectivity index (χ3v) is 4.58. The lowest BCUT2D eigenvalue weighted by atomic mass is 9.92. The Morgan fingerprint density at radius 2 is 1.90 bits per heavy atom. The summed E-state index contributed by atoms with van der Waals surface area (Å²) in [4.78, 5) is 13.0. The van der Waals surface area contributed by atoms with Crippen LogP contribution < -0.4 is 15.8 Å². The molecule has 0 spiro atoms. The van der Waals surface area contributed by atoms with Gasteiger partial charge in [-0.05, 0) is 49.9 Å². The van der Waals surface area contributed by atoms with Crippen LogP contribution in [0.3, 0.4) is 0 Å². The number of ether oxygens (including phenoxy) is 1. The first kappa shape index (κ1) is 18.1. The van der Waals surface area contributed by atoms with Crippen molar-refractivity contribution >= 4 is 30.1 Å². The molecule has 3 N–H and O–H groups in total. The number of nitrogens with one attached hydrogen (secondary N) is 1. The molecule has 1 fully saturated rings. The summed E-state index contributed by atoms with van der Waals surface area (Å²) in [6.45, 7) is 0. The first-order valence-electron chi connectivity index (χ1n) is 6.99. The molecule has 1 aliphatic carbocycles. The molecular formula is C15H23ClN2O2S. The normalized spacial score (nSPS) is 21.2. The number of benzene rings is 1. The van der Waals surface area contributed by atoms with Crippen molar-refractivity contribution < 1.29 is 9.53 Å². The van der Waals surface area contributed by atoms with Crippen molar-refractivity contribution in [3.63, 3.8) is 0 Å². The summed E-state index contributed by atoms with van der Waals surface area (Å²) < 4.78 is 5.11. The Labute approximate surface area is 136 Å². The zero-order valence-electron chi connectivity index (χ0n) is 12.2. The van der Waals surface area contributed by atoms with Gasteiger partial charge in [0.2, 0.25) is 5.91 Å². The van der Waals surface area contributed by atoms with E-state index < -0.39 is 0 Å². The number of carbonyl (C=O) groups is 1. The number of rotatable bonds is 5. The highest BCUT2D eigenvalue weighted by molar-refractivity contribution is 8.00. The summed E-state index contributed by atoms with van der Waals surface area (Å²) in [5, 5.41) is 3.09. The van der Waals surface area contributed by atoms with Gasteiger partial charge in [-0.15, -0.1) is 24.2 Å². The molecule has 118 valence electrons. The quantitative estimate of drug-likeness (QED) is 0.814. The number of halogens is 1. The maximum Gasteiger partial charge on any atom is 0.230 e. The van der Waals surface area contributed by atoms with Gasteiger partial charge in [-0.3, -0.25) is 4.79 Å². The number of nitrogens with two attached hydrogens (primary N) is 1. The second kappa shape index (κ2) is 9.18. The van der Waals surface area contributed by atoms with Gasteiger partial charge in [0.15, 0.2) is 0 Å². The van der Waals surface area contributed by atoms with Crippen LogP contribution in [-0.4, -0.2) is 30.9 Å². The zero-order valence-corrected chi connectivity index (χ0v) is 13.8. The highest BCUT2D eigenvalue weighted by Gasteiger charge is 2.19. The van der Waals surface area contributed by atoms with Crippen LogP contribution >= 0.6 is 24.2 Å². The average molecular weight is 331 g/mol. The summed E-state index contributed by atoms with van der Waals surface area (Å²) in [7, 11) is 1.64. The van der Waals surface area contributed by atoms with Crippen LogP contribution in [0.1, 0.15) is 25.7 Å². The van der Waals surface area contributed by atoms with E-state index in [0.29, 0.717) is 17.8 Å². The maximum absolute atomic E-state index is 11.9. The molecule has 2 rings (SSSR count). The average Bonchev–Trinajstić information content (AvgIpc) is 2.48. The van der Waals surface area contributed by atoms with Crippen LogP contribution in [0.4, 0.5) is 0 Å². The summed E-state index contributed by atoms with van der Waals surface area (Å²) >= 11 is 1.54. The second-order valence-corrected chi connectivity index (χ2v) is 6.19. The molecule has 1 amide bonds. The standard InChI is InChI=1S/C15H22N2O2S.ClH/c1-19-13-6-8-14(9-7-13)20-10-15(18)17-12-4-2-11(16)3-5-12;/h6-9,11-12H,2-5,10,16H2,1H3,(H,17,18);1H. The lowest BCUT2D eigenvalue weighted by molar-refractivity contribution is -0.119. The van der Waals surface area contributed by atoms with Crippen LogP contribution in [-0.2, 0) is 4.79 Å². The van der Waals surface area contributed by atoms with Crippen LogP contribution in [0.25, 0.3) is 0 Å². The van der Waals surface area contributed by atoms with Crippen molar-refractivity contribution in [2.24, 2.45) is 5.73 Å². The molecule has 1 aromatic rings. The third kappa shape index (κ3) is 6.16. The topological polar surface area (TPSA) is 64.3 Å². The fourth-order valence-electron chi connectivity index (χ4n) is 2.35. The molecule has 0 saturated heterocycles. The molecule has 1 aromatic carbocycles. The number of carbonyl (C=O) groups excluding carboxylic acids is 1. The van der Waals surface area contributed by atoms with Gasteiger partial charge in [-0.25, -0.2) is 0 Å². The van der Waals surface area contributed by atoms with E-state index in [2.05, 4.69) is 5.32 Å². The molecule has 0 aliphatic heterocycles. The smallest absolute Gasteiger partial charge is 0.230 e. The molecule has 6 heteroatoms. The Kier molecular flexibility index (Phi) is 7.93. The molecule has 1 saturated carbocycles. The molecule has 1 aliphatic rings. The largest absolute Gasteiger partial charge is 0.497 e. The lowest BCUT2D eigenvalue weighted by Crippen LogP contribution is -2.41. The van der Waals surface area contributed by atoms with Crippen molar-refractivity contribution in [1.29, 1.82) is 0 Å². The first-order chi connectivity index (χ1) is 9.67. The van der Waals surface area contributed by atoms with Crippen molar-refractivity contribution in [1.82, 2.24) is 5.32 Å². The maximum atomic E-state index is 11.9. The second-order valence-electron chi connectivity index (χ2n) is 5.14. The fraction of sp³-hybridized carbons (Fsp3) is 0.533. The van der Waals surface area contributed by atoms with Crippen molar-refractivity contribution in [2.75, 3.05) is 12.9 Å². The Bertz CT molecular complexity index is 434. The van der Waals surface area contributed by atoms with Crippen molar-refractivity contribution in [3.05, 3.63) is 24.3 Å². The predicted molar refractivity (Wildman–Crippen MR) is 89.3 cm³/mol. The Morgan fingerprint density at radius 3 is 2.48 bits per heavy atom. The number of hydrogen-bond donors (Lipinski definition) is 2. The molecule has 4 nitrogen and oxygen atoms in total. The van der Waals surface area contributed by atoms with Gasteiger partial charge in [0.25, 0.3) is 0 Å². The summed E-state index contributed by atoms with van der Waals surface area (Å²) in [5.74, 6) is 1.39. The van der Waals surface area contributed by atoms with E-state index in [1.165, 1.54) is 0 Å². The predicted octanol–water partition coefficient (Wildman–Crippen LogP) is 2.60. The van der Waals surface area contributed by atoms with Gasteiger partial charge in [0.1, 0.15) is 5.75 Å².